The van der Waals surface area contributed by atoms with Crippen LogP contribution in [0.2, 0.25) is 0 Å². The van der Waals surface area contributed by atoms with Crippen molar-refractivity contribution in [3.63, 3.8) is 0 Å². The maximum atomic E-state index is 13.4. The highest BCUT2D eigenvalue weighted by Crippen LogP contribution is 2.27. The van der Waals surface area contributed by atoms with E-state index in [9.17, 15) is 14.0 Å². The molecule has 30 heavy (non-hydrogen) atoms. The van der Waals surface area contributed by atoms with Gasteiger partial charge in [0.15, 0.2) is 5.76 Å². The third-order valence-corrected chi connectivity index (χ3v) is 4.94. The Morgan fingerprint density at radius 3 is 2.90 bits per heavy atom. The molecule has 0 saturated heterocycles. The maximum absolute atomic E-state index is 13.4. The fourth-order valence-electron chi connectivity index (χ4n) is 3.31. The van der Waals surface area contributed by atoms with Crippen LogP contribution in [0.5, 0.6) is 5.75 Å². The van der Waals surface area contributed by atoms with Crippen molar-refractivity contribution in [3.05, 3.63) is 83.1 Å². The van der Waals surface area contributed by atoms with Crippen molar-refractivity contribution in [2.75, 3.05) is 5.32 Å². The first-order chi connectivity index (χ1) is 14.5. The first-order valence-electron chi connectivity index (χ1n) is 9.68. The molecule has 0 unspecified atom stereocenters. The Hall–Kier alpha value is -3.61. The van der Waals surface area contributed by atoms with E-state index in [4.69, 9.17) is 9.15 Å². The highest BCUT2D eigenvalue weighted by molar-refractivity contribution is 5.94. The predicted molar refractivity (Wildman–Crippen MR) is 109 cm³/mol. The van der Waals surface area contributed by atoms with Gasteiger partial charge in [0.25, 0.3) is 5.91 Å². The summed E-state index contributed by atoms with van der Waals surface area (Å²) in [6.07, 6.45) is 1.13. The Labute approximate surface area is 173 Å². The lowest BCUT2D eigenvalue weighted by atomic mass is 10.0. The summed E-state index contributed by atoms with van der Waals surface area (Å²) in [5, 5.41) is 5.62. The quantitative estimate of drug-likeness (QED) is 0.635. The van der Waals surface area contributed by atoms with Gasteiger partial charge >= 0.3 is 0 Å². The Kier molecular flexibility index (Phi) is 5.52. The SMILES string of the molecule is C[C@@H](NC(=O)c1ccc(COc2ccc3c(c2)CCC(=O)N3)o1)c1cccc(F)c1. The minimum Gasteiger partial charge on any atom is -0.486 e. The molecular weight excluding hydrogens is 387 g/mol. The van der Waals surface area contributed by atoms with Gasteiger partial charge < -0.3 is 19.8 Å². The molecule has 1 aliphatic rings. The van der Waals surface area contributed by atoms with E-state index in [1.807, 2.05) is 12.1 Å². The second kappa shape index (κ2) is 8.41. The first-order valence-corrected chi connectivity index (χ1v) is 9.68. The largest absolute Gasteiger partial charge is 0.486 e. The number of hydrogen-bond donors (Lipinski definition) is 2. The lowest BCUT2D eigenvalue weighted by Crippen LogP contribution is -2.26. The van der Waals surface area contributed by atoms with Crippen LogP contribution < -0.4 is 15.4 Å². The zero-order valence-electron chi connectivity index (χ0n) is 16.4. The zero-order valence-corrected chi connectivity index (χ0v) is 16.4. The molecule has 0 radical (unpaired) electrons. The fraction of sp³-hybridized carbons (Fsp3) is 0.217. The van der Waals surface area contributed by atoms with Gasteiger partial charge in [0.05, 0.1) is 6.04 Å². The van der Waals surface area contributed by atoms with Crippen molar-refractivity contribution in [1.82, 2.24) is 5.32 Å². The fourth-order valence-corrected chi connectivity index (χ4v) is 3.31. The predicted octanol–water partition coefficient (Wildman–Crippen LogP) is 4.37. The second-order valence-electron chi connectivity index (χ2n) is 7.17. The van der Waals surface area contributed by atoms with E-state index >= 15 is 0 Å². The summed E-state index contributed by atoms with van der Waals surface area (Å²) in [5.74, 6) is 0.601. The molecule has 0 fully saturated rings. The number of halogens is 1. The van der Waals surface area contributed by atoms with E-state index in [0.29, 0.717) is 29.9 Å². The summed E-state index contributed by atoms with van der Waals surface area (Å²) in [7, 11) is 0. The third-order valence-electron chi connectivity index (χ3n) is 4.94. The third kappa shape index (κ3) is 4.51. The lowest BCUT2D eigenvalue weighted by Gasteiger charge is -2.17. The molecule has 154 valence electrons. The van der Waals surface area contributed by atoms with Gasteiger partial charge in [-0.05, 0) is 66.9 Å². The number of furan rings is 1. The topological polar surface area (TPSA) is 80.6 Å². The minimum absolute atomic E-state index is 0.0178. The van der Waals surface area contributed by atoms with E-state index in [2.05, 4.69) is 10.6 Å². The van der Waals surface area contributed by atoms with Crippen LogP contribution in [0.3, 0.4) is 0 Å². The Bertz CT molecular complexity index is 1090. The smallest absolute Gasteiger partial charge is 0.287 e. The Balaban J connectivity index is 1.35. The van der Waals surface area contributed by atoms with E-state index in [-0.39, 0.29) is 36.0 Å². The molecule has 0 spiro atoms. The molecule has 2 aromatic carbocycles. The average molecular weight is 408 g/mol. The van der Waals surface area contributed by atoms with Gasteiger partial charge in [0.1, 0.15) is 23.9 Å². The van der Waals surface area contributed by atoms with Crippen LogP contribution >= 0.6 is 0 Å². The molecule has 1 atom stereocenters. The summed E-state index contributed by atoms with van der Waals surface area (Å²) in [6, 6.07) is 14.5. The van der Waals surface area contributed by atoms with E-state index in [1.165, 1.54) is 12.1 Å². The maximum Gasteiger partial charge on any atom is 0.287 e. The molecule has 4 rings (SSSR count). The Morgan fingerprint density at radius 1 is 1.20 bits per heavy atom. The molecule has 2 N–H and O–H groups in total. The molecule has 0 saturated carbocycles. The number of hydrogen-bond acceptors (Lipinski definition) is 4. The number of ether oxygens (including phenoxy) is 1. The lowest BCUT2D eigenvalue weighted by molar-refractivity contribution is -0.116. The van der Waals surface area contributed by atoms with Crippen LogP contribution in [-0.4, -0.2) is 11.8 Å². The number of rotatable bonds is 6. The van der Waals surface area contributed by atoms with Gasteiger partial charge in [-0.2, -0.15) is 0 Å². The van der Waals surface area contributed by atoms with Crippen molar-refractivity contribution in [1.29, 1.82) is 0 Å². The number of nitrogens with one attached hydrogen (secondary N) is 2. The standard InChI is InChI=1S/C23H21FN2O4/c1-14(15-3-2-4-17(24)11-15)25-23(28)21-9-7-19(30-21)13-29-18-6-8-20-16(12-18)5-10-22(27)26-20/h2-4,6-9,11-12,14H,5,10,13H2,1H3,(H,25,28)(H,26,27)/t14-/m1/s1. The molecular formula is C23H21FN2O4. The average Bonchev–Trinajstić information content (AvgIpc) is 3.21. The van der Waals surface area contributed by atoms with Gasteiger partial charge in [0.2, 0.25) is 5.91 Å². The van der Waals surface area contributed by atoms with Crippen molar-refractivity contribution < 1.29 is 23.1 Å². The molecule has 7 heteroatoms. The summed E-state index contributed by atoms with van der Waals surface area (Å²) < 4.78 is 24.7. The van der Waals surface area contributed by atoms with E-state index < -0.39 is 0 Å². The van der Waals surface area contributed by atoms with Crippen LogP contribution in [0.1, 0.15) is 46.8 Å². The van der Waals surface area contributed by atoms with E-state index in [1.54, 1.807) is 37.3 Å². The Morgan fingerprint density at radius 2 is 2.07 bits per heavy atom. The normalized spacial score (nSPS) is 13.9. The summed E-state index contributed by atoms with van der Waals surface area (Å²) >= 11 is 0. The molecule has 2 amide bonds. The molecule has 3 aromatic rings. The second-order valence-corrected chi connectivity index (χ2v) is 7.17. The number of carbonyl (C=O) groups excluding carboxylic acids is 2. The van der Waals surface area contributed by atoms with Crippen LogP contribution in [0.25, 0.3) is 0 Å². The zero-order chi connectivity index (χ0) is 21.1. The van der Waals surface area contributed by atoms with Crippen LogP contribution in [0, 0.1) is 5.82 Å². The molecule has 6 nitrogen and oxygen atoms in total. The van der Waals surface area contributed by atoms with Crippen molar-refractivity contribution in [2.24, 2.45) is 0 Å². The van der Waals surface area contributed by atoms with Gasteiger partial charge in [-0.3, -0.25) is 9.59 Å². The molecule has 1 aromatic heterocycles. The highest BCUT2D eigenvalue weighted by atomic mass is 19.1. The molecule has 1 aliphatic heterocycles. The van der Waals surface area contributed by atoms with Gasteiger partial charge in [-0.25, -0.2) is 4.39 Å². The number of anilines is 1. The van der Waals surface area contributed by atoms with Crippen LogP contribution in [0.15, 0.2) is 59.0 Å². The number of fused-ring (bicyclic) bond motifs is 1. The van der Waals surface area contributed by atoms with Gasteiger partial charge in [-0.15, -0.1) is 0 Å². The van der Waals surface area contributed by atoms with Crippen molar-refractivity contribution in [2.45, 2.75) is 32.4 Å². The van der Waals surface area contributed by atoms with Crippen LogP contribution in [-0.2, 0) is 17.8 Å². The summed E-state index contributed by atoms with van der Waals surface area (Å²) in [5.41, 5.74) is 2.50. The first kappa shape index (κ1) is 19.7. The summed E-state index contributed by atoms with van der Waals surface area (Å²) in [4.78, 5) is 23.9. The van der Waals surface area contributed by atoms with Crippen molar-refractivity contribution >= 4 is 17.5 Å². The number of benzene rings is 2. The number of aryl methyl sites for hydroxylation is 1. The minimum atomic E-state index is -0.387. The van der Waals surface area contributed by atoms with E-state index in [0.717, 1.165) is 11.3 Å². The van der Waals surface area contributed by atoms with Crippen LogP contribution in [0.4, 0.5) is 10.1 Å². The molecule has 0 aliphatic carbocycles. The monoisotopic (exact) mass is 408 g/mol. The van der Waals surface area contributed by atoms with Gasteiger partial charge in [0, 0.05) is 12.1 Å². The number of carbonyl (C=O) groups is 2. The molecule has 0 bridgehead atoms. The van der Waals surface area contributed by atoms with Crippen molar-refractivity contribution in [3.8, 4) is 5.75 Å². The summed E-state index contributed by atoms with van der Waals surface area (Å²) in [6.45, 7) is 1.94. The highest BCUT2D eigenvalue weighted by Gasteiger charge is 2.17. The van der Waals surface area contributed by atoms with Gasteiger partial charge in [-0.1, -0.05) is 12.1 Å². The number of amides is 2. The molecule has 2 heterocycles.